The van der Waals surface area contributed by atoms with Crippen LogP contribution >= 0.6 is 0 Å². The topological polar surface area (TPSA) is 64.2 Å². The fourth-order valence-corrected chi connectivity index (χ4v) is 4.80. The Morgan fingerprint density at radius 3 is 2.35 bits per heavy atom. The van der Waals surface area contributed by atoms with E-state index in [2.05, 4.69) is 0 Å². The highest BCUT2D eigenvalue weighted by molar-refractivity contribution is 6.06. The first-order valence-electron chi connectivity index (χ1n) is 11.1. The zero-order valence-corrected chi connectivity index (χ0v) is 18.8. The predicted octanol–water partition coefficient (Wildman–Crippen LogP) is 5.76. The second-order valence-corrected chi connectivity index (χ2v) is 8.51. The van der Waals surface area contributed by atoms with E-state index in [1.807, 2.05) is 55.5 Å². The van der Waals surface area contributed by atoms with Gasteiger partial charge in [0.15, 0.2) is 0 Å². The van der Waals surface area contributed by atoms with Gasteiger partial charge in [0.05, 0.1) is 6.54 Å². The molecule has 5 nitrogen and oxygen atoms in total. The van der Waals surface area contributed by atoms with E-state index in [4.69, 9.17) is 0 Å². The number of carboxylic acids is 1. The Labute approximate surface area is 195 Å². The van der Waals surface area contributed by atoms with Crippen LogP contribution in [0.15, 0.2) is 83.8 Å². The zero-order chi connectivity index (χ0) is 24.0. The van der Waals surface area contributed by atoms with Crippen molar-refractivity contribution >= 4 is 27.6 Å². The number of aliphatic carboxylic acids is 1. The molecule has 0 spiro atoms. The molecular formula is C28H23FN2O3. The van der Waals surface area contributed by atoms with Crippen LogP contribution in [0.5, 0.6) is 0 Å². The van der Waals surface area contributed by atoms with Gasteiger partial charge < -0.3 is 14.2 Å². The summed E-state index contributed by atoms with van der Waals surface area (Å²) in [5, 5.41) is 11.6. The van der Waals surface area contributed by atoms with Crippen molar-refractivity contribution in [3.05, 3.63) is 106 Å². The molecule has 6 heteroatoms. The highest BCUT2D eigenvalue weighted by atomic mass is 19.1. The van der Waals surface area contributed by atoms with Gasteiger partial charge in [-0.05, 0) is 49.1 Å². The Hall–Kier alpha value is -4.19. The number of aromatic nitrogens is 2. The summed E-state index contributed by atoms with van der Waals surface area (Å²) in [6.45, 7) is 3.83. The van der Waals surface area contributed by atoms with E-state index in [1.54, 1.807) is 34.4 Å². The number of carbonyl (C=O) groups is 1. The molecule has 0 bridgehead atoms. The molecule has 1 N–H and O–H groups in total. The third-order valence-electron chi connectivity index (χ3n) is 6.41. The maximum atomic E-state index is 14.4. The molecule has 5 aromatic rings. The lowest BCUT2D eigenvalue weighted by Crippen LogP contribution is -2.21. The summed E-state index contributed by atoms with van der Waals surface area (Å²) in [5.74, 6) is -1.38. The van der Waals surface area contributed by atoms with Crippen molar-refractivity contribution in [1.82, 2.24) is 9.13 Å². The molecule has 0 fully saturated rings. The average Bonchev–Trinajstić information content (AvgIpc) is 3.11. The molecule has 0 saturated carbocycles. The smallest absolute Gasteiger partial charge is 0.326 e. The number of benzene rings is 3. The molecule has 3 aromatic carbocycles. The maximum Gasteiger partial charge on any atom is 0.326 e. The number of pyridine rings is 1. The van der Waals surface area contributed by atoms with Crippen LogP contribution in [0.2, 0.25) is 0 Å². The first-order valence-corrected chi connectivity index (χ1v) is 11.1. The van der Waals surface area contributed by atoms with Gasteiger partial charge in [0.2, 0.25) is 0 Å². The Balaban J connectivity index is 1.86. The van der Waals surface area contributed by atoms with Crippen LogP contribution in [0, 0.1) is 12.7 Å². The van der Waals surface area contributed by atoms with Crippen molar-refractivity contribution in [2.45, 2.75) is 26.4 Å². The molecule has 0 radical (unpaired) electrons. The van der Waals surface area contributed by atoms with E-state index >= 15 is 0 Å². The van der Waals surface area contributed by atoms with Crippen LogP contribution in [0.4, 0.5) is 4.39 Å². The molecule has 1 atom stereocenters. The molecule has 0 aliphatic carbocycles. The van der Waals surface area contributed by atoms with Crippen LogP contribution in [0.3, 0.4) is 0 Å². The molecule has 0 saturated heterocycles. The van der Waals surface area contributed by atoms with Crippen LogP contribution < -0.4 is 5.56 Å². The fourth-order valence-electron chi connectivity index (χ4n) is 4.80. The van der Waals surface area contributed by atoms with E-state index < -0.39 is 17.8 Å². The minimum Gasteiger partial charge on any atom is -0.480 e. The van der Waals surface area contributed by atoms with E-state index in [0.29, 0.717) is 28.5 Å². The van der Waals surface area contributed by atoms with Gasteiger partial charge in [-0.15, -0.1) is 0 Å². The second kappa shape index (κ2) is 8.30. The average molecular weight is 455 g/mol. The van der Waals surface area contributed by atoms with Gasteiger partial charge in [-0.25, -0.2) is 9.18 Å². The number of fused-ring (bicyclic) bond motifs is 2. The molecule has 0 amide bonds. The SMILES string of the molecule is Cc1c(-c2cn(Cc3ccccc3)c(=O)c3ccccc23)c2cc(F)ccc2n1C(C)C(=O)O. The minimum atomic E-state index is -0.977. The van der Waals surface area contributed by atoms with Gasteiger partial charge >= 0.3 is 5.97 Å². The number of halogens is 1. The van der Waals surface area contributed by atoms with E-state index in [-0.39, 0.29) is 5.56 Å². The van der Waals surface area contributed by atoms with Gasteiger partial charge in [-0.1, -0.05) is 48.5 Å². The lowest BCUT2D eigenvalue weighted by Gasteiger charge is -2.15. The monoisotopic (exact) mass is 454 g/mol. The lowest BCUT2D eigenvalue weighted by atomic mass is 9.98. The Morgan fingerprint density at radius 2 is 1.65 bits per heavy atom. The van der Waals surface area contributed by atoms with Crippen molar-refractivity contribution in [3.8, 4) is 11.1 Å². The van der Waals surface area contributed by atoms with Crippen LogP contribution in [0.25, 0.3) is 32.8 Å². The van der Waals surface area contributed by atoms with Crippen LogP contribution in [-0.2, 0) is 11.3 Å². The molecule has 5 rings (SSSR count). The Kier molecular flexibility index (Phi) is 5.28. The number of hydrogen-bond acceptors (Lipinski definition) is 2. The number of hydrogen-bond donors (Lipinski definition) is 1. The van der Waals surface area contributed by atoms with Gasteiger partial charge in [0.1, 0.15) is 11.9 Å². The summed E-state index contributed by atoms with van der Waals surface area (Å²) in [6, 6.07) is 20.6. The normalized spacial score (nSPS) is 12.3. The molecule has 170 valence electrons. The third-order valence-corrected chi connectivity index (χ3v) is 6.41. The molecule has 34 heavy (non-hydrogen) atoms. The van der Waals surface area contributed by atoms with Gasteiger partial charge in [-0.2, -0.15) is 0 Å². The summed E-state index contributed by atoms with van der Waals surface area (Å²) >= 11 is 0. The molecule has 2 aromatic heterocycles. The van der Waals surface area contributed by atoms with Gasteiger partial charge in [-0.3, -0.25) is 4.79 Å². The molecular weight excluding hydrogens is 431 g/mol. The zero-order valence-electron chi connectivity index (χ0n) is 18.8. The van der Waals surface area contributed by atoms with E-state index in [0.717, 1.165) is 22.1 Å². The van der Waals surface area contributed by atoms with Crippen molar-refractivity contribution in [2.24, 2.45) is 0 Å². The highest BCUT2D eigenvalue weighted by Crippen LogP contribution is 2.39. The lowest BCUT2D eigenvalue weighted by molar-refractivity contribution is -0.140. The van der Waals surface area contributed by atoms with Crippen molar-refractivity contribution in [2.75, 3.05) is 0 Å². The quantitative estimate of drug-likeness (QED) is 0.367. The van der Waals surface area contributed by atoms with Crippen molar-refractivity contribution in [1.29, 1.82) is 0 Å². The van der Waals surface area contributed by atoms with Crippen LogP contribution in [0.1, 0.15) is 24.2 Å². The molecule has 2 heterocycles. The standard InChI is InChI=1S/C28H23FN2O3/c1-17-26(23-14-20(29)12-13-25(23)31(17)18(2)28(33)34)24-16-30(15-19-8-4-3-5-9-19)27(32)22-11-7-6-10-21(22)24/h3-14,16,18H,15H2,1-2H3,(H,33,34). The minimum absolute atomic E-state index is 0.116. The molecule has 0 aliphatic heterocycles. The molecule has 1 unspecified atom stereocenters. The van der Waals surface area contributed by atoms with Crippen molar-refractivity contribution < 1.29 is 14.3 Å². The van der Waals surface area contributed by atoms with E-state index in [1.165, 1.54) is 12.1 Å². The number of rotatable bonds is 5. The summed E-state index contributed by atoms with van der Waals surface area (Å²) < 4.78 is 17.8. The second-order valence-electron chi connectivity index (χ2n) is 8.51. The fraction of sp³-hybridized carbons (Fsp3) is 0.143. The van der Waals surface area contributed by atoms with Gasteiger partial charge in [0, 0.05) is 39.3 Å². The van der Waals surface area contributed by atoms with Crippen molar-refractivity contribution in [3.63, 3.8) is 0 Å². The van der Waals surface area contributed by atoms with E-state index in [9.17, 15) is 19.1 Å². The van der Waals surface area contributed by atoms with Gasteiger partial charge in [0.25, 0.3) is 5.56 Å². The predicted molar refractivity (Wildman–Crippen MR) is 132 cm³/mol. The number of carboxylic acid groups (broad SMARTS) is 1. The Bertz CT molecular complexity index is 1620. The summed E-state index contributed by atoms with van der Waals surface area (Å²) in [7, 11) is 0. The first kappa shape index (κ1) is 21.6. The Morgan fingerprint density at radius 1 is 0.971 bits per heavy atom. The first-order chi connectivity index (χ1) is 16.4. The maximum absolute atomic E-state index is 14.4. The number of nitrogens with zero attached hydrogens (tertiary/aromatic N) is 2. The van der Waals surface area contributed by atoms with Crippen LogP contribution in [-0.4, -0.2) is 20.2 Å². The summed E-state index contributed by atoms with van der Waals surface area (Å²) in [5.41, 5.74) is 3.68. The summed E-state index contributed by atoms with van der Waals surface area (Å²) in [6.07, 6.45) is 1.81. The third kappa shape index (κ3) is 3.48. The molecule has 0 aliphatic rings. The largest absolute Gasteiger partial charge is 0.480 e. The summed E-state index contributed by atoms with van der Waals surface area (Å²) in [4.78, 5) is 25.2. The highest BCUT2D eigenvalue weighted by Gasteiger charge is 2.24.